The largest absolute Gasteiger partial charge is 0.459 e. The van der Waals surface area contributed by atoms with Crippen LogP contribution in [0.25, 0.3) is 16.7 Å². The molecule has 0 unspecified atom stereocenters. The number of carbonyl (C=O) groups is 2. The van der Waals surface area contributed by atoms with Crippen molar-refractivity contribution >= 4 is 23.0 Å². The fraction of sp³-hybridized carbons (Fsp3) is 0.471. The SMILES string of the molecule is Cc1ccc(C(=O)N(C)Cc2oc3c(C)cccc3c2C)c(-n2cc(CN3[C@H](C)CN(C(=O)OC(C)(C)C)C[C@@H]3C)nn2)c1. The van der Waals surface area contributed by atoms with E-state index in [2.05, 4.69) is 35.1 Å². The van der Waals surface area contributed by atoms with E-state index in [1.54, 1.807) is 21.5 Å². The van der Waals surface area contributed by atoms with Crippen molar-refractivity contribution in [1.29, 1.82) is 0 Å². The number of fused-ring (bicyclic) bond motifs is 1. The number of amides is 2. The number of hydrogen-bond acceptors (Lipinski definition) is 7. The van der Waals surface area contributed by atoms with E-state index in [4.69, 9.17) is 9.15 Å². The van der Waals surface area contributed by atoms with Gasteiger partial charge in [-0.3, -0.25) is 9.69 Å². The van der Waals surface area contributed by atoms with Gasteiger partial charge in [-0.05, 0) is 78.6 Å². The van der Waals surface area contributed by atoms with Crippen LogP contribution in [0.15, 0.2) is 47.0 Å². The molecule has 0 radical (unpaired) electrons. The van der Waals surface area contributed by atoms with Crippen molar-refractivity contribution in [3.8, 4) is 5.69 Å². The van der Waals surface area contributed by atoms with Crippen molar-refractivity contribution < 1.29 is 18.7 Å². The molecule has 1 fully saturated rings. The van der Waals surface area contributed by atoms with Crippen molar-refractivity contribution in [3.63, 3.8) is 0 Å². The zero-order chi connectivity index (χ0) is 31.9. The van der Waals surface area contributed by atoms with E-state index >= 15 is 0 Å². The Morgan fingerprint density at radius 1 is 1.07 bits per heavy atom. The second-order valence-electron chi connectivity index (χ2n) is 13.2. The highest BCUT2D eigenvalue weighted by Crippen LogP contribution is 2.29. The first-order valence-electron chi connectivity index (χ1n) is 15.2. The van der Waals surface area contributed by atoms with Gasteiger partial charge in [0.15, 0.2) is 0 Å². The molecule has 0 bridgehead atoms. The Balaban J connectivity index is 1.32. The highest BCUT2D eigenvalue weighted by Gasteiger charge is 2.34. The smallest absolute Gasteiger partial charge is 0.410 e. The lowest BCUT2D eigenvalue weighted by Crippen LogP contribution is -2.58. The molecule has 3 heterocycles. The molecule has 5 rings (SSSR count). The van der Waals surface area contributed by atoms with Crippen LogP contribution in [0.5, 0.6) is 0 Å². The minimum Gasteiger partial charge on any atom is -0.459 e. The summed E-state index contributed by atoms with van der Waals surface area (Å²) in [6.45, 7) is 18.0. The first-order chi connectivity index (χ1) is 20.7. The van der Waals surface area contributed by atoms with Crippen LogP contribution in [0.1, 0.15) is 73.1 Å². The Labute approximate surface area is 259 Å². The average molecular weight is 601 g/mol. The molecule has 2 amide bonds. The Morgan fingerprint density at radius 2 is 1.77 bits per heavy atom. The Kier molecular flexibility index (Phi) is 8.57. The molecule has 0 N–H and O–H groups in total. The molecule has 10 heteroatoms. The predicted molar refractivity (Wildman–Crippen MR) is 170 cm³/mol. The molecule has 1 aliphatic heterocycles. The quantitative estimate of drug-likeness (QED) is 0.266. The summed E-state index contributed by atoms with van der Waals surface area (Å²) in [6, 6.07) is 12.1. The Hall–Kier alpha value is -4.18. The summed E-state index contributed by atoms with van der Waals surface area (Å²) >= 11 is 0. The van der Waals surface area contributed by atoms with Gasteiger partial charge in [0, 0.05) is 49.7 Å². The van der Waals surface area contributed by atoms with Gasteiger partial charge in [0.25, 0.3) is 5.91 Å². The molecule has 1 aliphatic rings. The topological polar surface area (TPSA) is 96.9 Å². The van der Waals surface area contributed by atoms with Gasteiger partial charge < -0.3 is 19.0 Å². The minimum absolute atomic E-state index is 0.103. The number of nitrogens with zero attached hydrogens (tertiary/aromatic N) is 6. The van der Waals surface area contributed by atoms with Crippen LogP contribution in [-0.4, -0.2) is 79.5 Å². The number of benzene rings is 2. The van der Waals surface area contributed by atoms with E-state index in [-0.39, 0.29) is 24.1 Å². The van der Waals surface area contributed by atoms with Gasteiger partial charge >= 0.3 is 6.09 Å². The third-order valence-corrected chi connectivity index (χ3v) is 8.26. The molecule has 0 aliphatic carbocycles. The molecule has 0 spiro atoms. The molecule has 0 saturated carbocycles. The second kappa shape index (κ2) is 12.1. The number of aromatic nitrogens is 3. The van der Waals surface area contributed by atoms with Gasteiger partial charge in [-0.15, -0.1) is 5.10 Å². The first kappa shape index (κ1) is 31.3. The number of para-hydroxylation sites is 1. The maximum Gasteiger partial charge on any atom is 0.410 e. The van der Waals surface area contributed by atoms with Gasteiger partial charge in [-0.1, -0.05) is 29.5 Å². The maximum absolute atomic E-state index is 13.8. The maximum atomic E-state index is 13.8. The second-order valence-corrected chi connectivity index (χ2v) is 13.2. The summed E-state index contributed by atoms with van der Waals surface area (Å²) in [6.07, 6.45) is 1.60. The number of furan rings is 1. The number of hydrogen-bond donors (Lipinski definition) is 0. The number of aryl methyl sites for hydroxylation is 3. The van der Waals surface area contributed by atoms with Crippen molar-refractivity contribution in [2.45, 2.75) is 86.2 Å². The molecule has 2 aromatic carbocycles. The summed E-state index contributed by atoms with van der Waals surface area (Å²) in [5.74, 6) is 0.644. The monoisotopic (exact) mass is 600 g/mol. The lowest BCUT2D eigenvalue weighted by molar-refractivity contribution is -0.00997. The summed E-state index contributed by atoms with van der Waals surface area (Å²) in [4.78, 5) is 32.3. The van der Waals surface area contributed by atoms with E-state index in [9.17, 15) is 9.59 Å². The lowest BCUT2D eigenvalue weighted by Gasteiger charge is -2.44. The van der Waals surface area contributed by atoms with Gasteiger partial charge in [0.2, 0.25) is 0 Å². The zero-order valence-corrected chi connectivity index (χ0v) is 27.3. The van der Waals surface area contributed by atoms with Crippen LogP contribution in [0, 0.1) is 20.8 Å². The lowest BCUT2D eigenvalue weighted by atomic mass is 10.1. The van der Waals surface area contributed by atoms with E-state index in [0.29, 0.717) is 37.4 Å². The minimum atomic E-state index is -0.532. The molecule has 1 saturated heterocycles. The normalized spacial score (nSPS) is 17.7. The van der Waals surface area contributed by atoms with Crippen LogP contribution in [-0.2, 0) is 17.8 Å². The Morgan fingerprint density at radius 3 is 2.43 bits per heavy atom. The molecule has 2 aromatic heterocycles. The zero-order valence-electron chi connectivity index (χ0n) is 27.3. The van der Waals surface area contributed by atoms with Crippen LogP contribution in [0.3, 0.4) is 0 Å². The fourth-order valence-electron chi connectivity index (χ4n) is 5.91. The molecule has 2 atom stereocenters. The van der Waals surface area contributed by atoms with Crippen molar-refractivity contribution in [3.05, 3.63) is 76.3 Å². The molecule has 10 nitrogen and oxygen atoms in total. The number of ether oxygens (including phenoxy) is 1. The summed E-state index contributed by atoms with van der Waals surface area (Å²) in [5.41, 5.74) is 5.46. The van der Waals surface area contributed by atoms with Crippen molar-refractivity contribution in [1.82, 2.24) is 29.7 Å². The van der Waals surface area contributed by atoms with E-state index in [1.165, 1.54) is 0 Å². The van der Waals surface area contributed by atoms with Gasteiger partial charge in [-0.2, -0.15) is 0 Å². The summed E-state index contributed by atoms with van der Waals surface area (Å²) < 4.78 is 13.5. The van der Waals surface area contributed by atoms with E-state index < -0.39 is 5.60 Å². The van der Waals surface area contributed by atoms with Crippen LogP contribution >= 0.6 is 0 Å². The fourth-order valence-corrected chi connectivity index (χ4v) is 5.91. The summed E-state index contributed by atoms with van der Waals surface area (Å²) in [7, 11) is 1.79. The average Bonchev–Trinajstić information content (AvgIpc) is 3.54. The third-order valence-electron chi connectivity index (χ3n) is 8.26. The van der Waals surface area contributed by atoms with E-state index in [0.717, 1.165) is 39.1 Å². The molecular formula is C34H44N6O4. The van der Waals surface area contributed by atoms with Crippen molar-refractivity contribution in [2.75, 3.05) is 20.1 Å². The Bertz CT molecular complexity index is 1670. The summed E-state index contributed by atoms with van der Waals surface area (Å²) in [5, 5.41) is 9.97. The predicted octanol–water partition coefficient (Wildman–Crippen LogP) is 6.04. The standard InChI is InChI=1S/C34H44N6O4/c1-21-13-14-28(32(41)37(9)20-30-25(5)27-12-10-11-22(2)31(27)43-30)29(15-21)40-19-26(35-36-40)18-39-23(3)16-38(17-24(39)4)33(42)44-34(6,7)8/h10-15,19,23-24H,16-18,20H2,1-9H3/t23-,24+. The van der Waals surface area contributed by atoms with Crippen LogP contribution in [0.4, 0.5) is 4.79 Å². The van der Waals surface area contributed by atoms with Gasteiger partial charge in [-0.25, -0.2) is 9.48 Å². The highest BCUT2D eigenvalue weighted by atomic mass is 16.6. The molecular weight excluding hydrogens is 556 g/mol. The van der Waals surface area contributed by atoms with Crippen molar-refractivity contribution in [2.24, 2.45) is 0 Å². The van der Waals surface area contributed by atoms with Crippen LogP contribution < -0.4 is 0 Å². The number of piperazine rings is 1. The number of rotatable bonds is 6. The third kappa shape index (κ3) is 6.50. The number of carbonyl (C=O) groups excluding carboxylic acids is 2. The molecule has 44 heavy (non-hydrogen) atoms. The molecule has 4 aromatic rings. The van der Waals surface area contributed by atoms with Crippen LogP contribution in [0.2, 0.25) is 0 Å². The molecule has 234 valence electrons. The van der Waals surface area contributed by atoms with Gasteiger partial charge in [0.05, 0.1) is 29.7 Å². The first-order valence-corrected chi connectivity index (χ1v) is 15.2. The highest BCUT2D eigenvalue weighted by molar-refractivity contribution is 5.97. The van der Waals surface area contributed by atoms with Gasteiger partial charge in [0.1, 0.15) is 16.9 Å². The van der Waals surface area contributed by atoms with E-state index in [1.807, 2.05) is 78.1 Å².